The van der Waals surface area contributed by atoms with Gasteiger partial charge < -0.3 is 10.6 Å². The van der Waals surface area contributed by atoms with Crippen molar-refractivity contribution >= 4 is 27.3 Å². The van der Waals surface area contributed by atoms with E-state index in [2.05, 4.69) is 30.3 Å². The highest BCUT2D eigenvalue weighted by Crippen LogP contribution is 2.10. The summed E-state index contributed by atoms with van der Waals surface area (Å²) in [6.45, 7) is 5.98. The molecule has 0 saturated carbocycles. The fraction of sp³-hybridized carbons (Fsp3) is 0.438. The summed E-state index contributed by atoms with van der Waals surface area (Å²) in [5, 5.41) is 7.44. The first-order valence-corrected chi connectivity index (χ1v) is 10.6. The topological polar surface area (TPSA) is 108 Å². The van der Waals surface area contributed by atoms with Crippen molar-refractivity contribution in [1.82, 2.24) is 25.3 Å². The molecule has 8 nitrogen and oxygen atoms in total. The molecule has 0 aliphatic carbocycles. The highest BCUT2D eigenvalue weighted by Gasteiger charge is 2.12. The zero-order valence-electron chi connectivity index (χ0n) is 14.9. The first-order chi connectivity index (χ1) is 12.5. The third-order valence-electron chi connectivity index (χ3n) is 3.26. The lowest BCUT2D eigenvalue weighted by molar-refractivity contribution is 0.581. The van der Waals surface area contributed by atoms with E-state index in [1.807, 2.05) is 20.0 Å². The minimum Gasteiger partial charge on any atom is -0.357 e. The molecule has 2 aromatic heterocycles. The van der Waals surface area contributed by atoms with E-state index in [4.69, 9.17) is 0 Å². The van der Waals surface area contributed by atoms with E-state index in [0.717, 1.165) is 18.0 Å². The molecule has 0 bridgehead atoms. The molecule has 2 aromatic rings. The van der Waals surface area contributed by atoms with Gasteiger partial charge in [0, 0.05) is 49.5 Å². The number of sulfonamides is 1. The minimum atomic E-state index is -3.55. The summed E-state index contributed by atoms with van der Waals surface area (Å²) in [6.07, 6.45) is 5.53. The van der Waals surface area contributed by atoms with Gasteiger partial charge in [-0.05, 0) is 26.0 Å². The summed E-state index contributed by atoms with van der Waals surface area (Å²) in [6, 6.07) is 3.09. The maximum absolute atomic E-state index is 12.1. The van der Waals surface area contributed by atoms with Crippen LogP contribution in [-0.4, -0.2) is 50.5 Å². The van der Waals surface area contributed by atoms with Gasteiger partial charge in [-0.3, -0.25) is 9.98 Å². The average Bonchev–Trinajstić information content (AvgIpc) is 3.04. The van der Waals surface area contributed by atoms with Gasteiger partial charge in [-0.1, -0.05) is 0 Å². The molecule has 142 valence electrons. The molecule has 10 heteroatoms. The predicted octanol–water partition coefficient (Wildman–Crippen LogP) is 0.923. The Labute approximate surface area is 158 Å². The van der Waals surface area contributed by atoms with Crippen LogP contribution in [0.1, 0.15) is 16.8 Å². The van der Waals surface area contributed by atoms with Gasteiger partial charge in [-0.2, -0.15) is 0 Å². The van der Waals surface area contributed by atoms with Crippen LogP contribution in [-0.2, 0) is 16.4 Å². The van der Waals surface area contributed by atoms with Gasteiger partial charge in [0.1, 0.15) is 4.90 Å². The van der Waals surface area contributed by atoms with Crippen molar-refractivity contribution in [3.8, 4) is 0 Å². The van der Waals surface area contributed by atoms with Crippen molar-refractivity contribution in [3.05, 3.63) is 40.6 Å². The molecule has 0 amide bonds. The summed E-state index contributed by atoms with van der Waals surface area (Å²) in [4.78, 5) is 13.9. The van der Waals surface area contributed by atoms with Crippen molar-refractivity contribution < 1.29 is 8.42 Å². The predicted molar refractivity (Wildman–Crippen MR) is 104 cm³/mol. The number of hydrogen-bond acceptors (Lipinski definition) is 6. The summed E-state index contributed by atoms with van der Waals surface area (Å²) < 4.78 is 26.7. The number of thiazole rings is 1. The Morgan fingerprint density at radius 3 is 2.77 bits per heavy atom. The molecule has 0 radical (unpaired) electrons. The van der Waals surface area contributed by atoms with E-state index in [9.17, 15) is 8.42 Å². The second-order valence-corrected chi connectivity index (χ2v) is 8.47. The van der Waals surface area contributed by atoms with E-state index in [1.165, 1.54) is 23.3 Å². The normalized spacial score (nSPS) is 12.2. The Bertz CT molecular complexity index is 805. The average molecular weight is 397 g/mol. The SMILES string of the molecule is CCNC(=NCCNS(=O)(=O)c1cccnc1)NCCc1ncc(C)s1. The first-order valence-electron chi connectivity index (χ1n) is 8.34. The van der Waals surface area contributed by atoms with Crippen LogP contribution in [0.25, 0.3) is 0 Å². The lowest BCUT2D eigenvalue weighted by Crippen LogP contribution is -2.39. The van der Waals surface area contributed by atoms with Crippen LogP contribution in [0.2, 0.25) is 0 Å². The van der Waals surface area contributed by atoms with Crippen LogP contribution >= 0.6 is 11.3 Å². The Kier molecular flexibility index (Phi) is 7.95. The van der Waals surface area contributed by atoms with Crippen LogP contribution < -0.4 is 15.4 Å². The third-order valence-corrected chi connectivity index (χ3v) is 5.68. The van der Waals surface area contributed by atoms with Crippen molar-refractivity contribution in [2.45, 2.75) is 25.2 Å². The molecule has 0 aliphatic rings. The number of aryl methyl sites for hydroxylation is 1. The van der Waals surface area contributed by atoms with E-state index < -0.39 is 10.0 Å². The molecular formula is C16H24N6O2S2. The number of pyridine rings is 1. The smallest absolute Gasteiger partial charge is 0.242 e. The standard InChI is InChI=1S/C16H24N6O2S2/c1-3-18-16(19-8-6-15-21-11-13(2)25-15)20-9-10-22-26(23,24)14-5-4-7-17-12-14/h4-5,7,11-12,22H,3,6,8-10H2,1-2H3,(H2,18,19,20). The summed E-state index contributed by atoms with van der Waals surface area (Å²) in [5.41, 5.74) is 0. The molecule has 0 unspecified atom stereocenters. The molecule has 3 N–H and O–H groups in total. The van der Waals surface area contributed by atoms with Crippen LogP contribution in [0.4, 0.5) is 0 Å². The van der Waals surface area contributed by atoms with Crippen molar-refractivity contribution in [1.29, 1.82) is 0 Å². The summed E-state index contributed by atoms with van der Waals surface area (Å²) in [5.74, 6) is 0.654. The monoisotopic (exact) mass is 396 g/mol. The Morgan fingerprint density at radius 2 is 2.12 bits per heavy atom. The molecule has 0 fully saturated rings. The van der Waals surface area contributed by atoms with E-state index in [1.54, 1.807) is 17.4 Å². The number of aliphatic imine (C=N–C) groups is 1. The van der Waals surface area contributed by atoms with Gasteiger partial charge in [0.05, 0.1) is 11.6 Å². The van der Waals surface area contributed by atoms with Crippen LogP contribution in [0, 0.1) is 6.92 Å². The maximum atomic E-state index is 12.1. The van der Waals surface area contributed by atoms with E-state index in [-0.39, 0.29) is 11.4 Å². The molecule has 2 rings (SSSR count). The highest BCUT2D eigenvalue weighted by molar-refractivity contribution is 7.89. The fourth-order valence-electron chi connectivity index (χ4n) is 2.08. The Morgan fingerprint density at radius 1 is 1.27 bits per heavy atom. The first kappa shape index (κ1) is 20.3. The van der Waals surface area contributed by atoms with Crippen molar-refractivity contribution in [2.24, 2.45) is 4.99 Å². The number of guanidine groups is 1. The van der Waals surface area contributed by atoms with E-state index >= 15 is 0 Å². The quantitative estimate of drug-likeness (QED) is 0.330. The van der Waals surface area contributed by atoms with Crippen LogP contribution in [0.15, 0.2) is 40.6 Å². The molecular weight excluding hydrogens is 372 g/mol. The minimum absolute atomic E-state index is 0.146. The molecule has 0 aromatic carbocycles. The third kappa shape index (κ3) is 6.70. The molecule has 0 aliphatic heterocycles. The van der Waals surface area contributed by atoms with Gasteiger partial charge in [0.25, 0.3) is 0 Å². The lowest BCUT2D eigenvalue weighted by Gasteiger charge is -2.11. The summed E-state index contributed by atoms with van der Waals surface area (Å²) in [7, 11) is -3.55. The second kappa shape index (κ2) is 10.2. The van der Waals surface area contributed by atoms with Gasteiger partial charge in [-0.15, -0.1) is 11.3 Å². The highest BCUT2D eigenvalue weighted by atomic mass is 32.2. The number of hydrogen-bond donors (Lipinski definition) is 3. The second-order valence-electron chi connectivity index (χ2n) is 5.39. The van der Waals surface area contributed by atoms with Gasteiger partial charge in [0.15, 0.2) is 5.96 Å². The van der Waals surface area contributed by atoms with E-state index in [0.29, 0.717) is 19.0 Å². The lowest BCUT2D eigenvalue weighted by atomic mass is 10.4. The number of nitrogens with one attached hydrogen (secondary N) is 3. The van der Waals surface area contributed by atoms with Gasteiger partial charge in [0.2, 0.25) is 10.0 Å². The van der Waals surface area contributed by atoms with Gasteiger partial charge in [-0.25, -0.2) is 18.1 Å². The molecule has 2 heterocycles. The number of rotatable bonds is 9. The molecule has 26 heavy (non-hydrogen) atoms. The Hall–Kier alpha value is -2.04. The van der Waals surface area contributed by atoms with Crippen LogP contribution in [0.5, 0.6) is 0 Å². The maximum Gasteiger partial charge on any atom is 0.242 e. The zero-order chi connectivity index (χ0) is 18.8. The van der Waals surface area contributed by atoms with Gasteiger partial charge >= 0.3 is 0 Å². The van der Waals surface area contributed by atoms with Crippen molar-refractivity contribution in [2.75, 3.05) is 26.2 Å². The summed E-state index contributed by atoms with van der Waals surface area (Å²) >= 11 is 1.68. The molecule has 0 saturated heterocycles. The largest absolute Gasteiger partial charge is 0.357 e. The zero-order valence-corrected chi connectivity index (χ0v) is 16.5. The fourth-order valence-corrected chi connectivity index (χ4v) is 3.85. The van der Waals surface area contributed by atoms with Crippen molar-refractivity contribution in [3.63, 3.8) is 0 Å². The molecule has 0 atom stereocenters. The molecule has 0 spiro atoms. The number of nitrogens with zero attached hydrogens (tertiary/aromatic N) is 3. The van der Waals surface area contributed by atoms with Crippen LogP contribution in [0.3, 0.4) is 0 Å². The number of aromatic nitrogens is 2. The Balaban J connectivity index is 1.79.